The Balaban J connectivity index is 1.65. The molecule has 1 saturated heterocycles. The number of carbonyl (C=O) groups excluding carboxylic acids is 1. The largest absolute Gasteiger partial charge is 0.374 e. The molecule has 5 nitrogen and oxygen atoms in total. The van der Waals surface area contributed by atoms with Crippen LogP contribution >= 0.6 is 22.9 Å². The van der Waals surface area contributed by atoms with E-state index in [4.69, 9.17) is 16.3 Å². The first-order valence-corrected chi connectivity index (χ1v) is 8.82. The molecule has 1 aliphatic heterocycles. The molecule has 0 radical (unpaired) electrons. The van der Waals surface area contributed by atoms with Crippen molar-refractivity contribution < 1.29 is 9.53 Å². The number of rotatable bonds is 6. The van der Waals surface area contributed by atoms with E-state index in [1.165, 1.54) is 11.3 Å². The summed E-state index contributed by atoms with van der Waals surface area (Å²) >= 11 is 7.33. The molecule has 2 heterocycles. The molecule has 22 heavy (non-hydrogen) atoms. The van der Waals surface area contributed by atoms with E-state index < -0.39 is 0 Å². The highest BCUT2D eigenvalue weighted by Gasteiger charge is 2.21. The van der Waals surface area contributed by atoms with E-state index in [2.05, 4.69) is 29.4 Å². The van der Waals surface area contributed by atoms with E-state index in [1.54, 1.807) is 0 Å². The Bertz CT molecular complexity index is 481. The van der Waals surface area contributed by atoms with Crippen LogP contribution in [0.3, 0.4) is 0 Å². The van der Waals surface area contributed by atoms with Gasteiger partial charge in [0.1, 0.15) is 0 Å². The molecule has 0 spiro atoms. The van der Waals surface area contributed by atoms with Gasteiger partial charge in [-0.25, -0.2) is 4.79 Å². The lowest BCUT2D eigenvalue weighted by molar-refractivity contribution is -0.0290. The number of urea groups is 1. The summed E-state index contributed by atoms with van der Waals surface area (Å²) < 4.78 is 6.44. The summed E-state index contributed by atoms with van der Waals surface area (Å²) in [6, 6.07) is 3.58. The number of halogens is 1. The van der Waals surface area contributed by atoms with Gasteiger partial charge in [-0.05, 0) is 18.1 Å². The van der Waals surface area contributed by atoms with Crippen LogP contribution in [0.4, 0.5) is 4.79 Å². The van der Waals surface area contributed by atoms with Crippen LogP contribution in [0, 0.1) is 5.92 Å². The number of nitrogens with zero attached hydrogens (tertiary/aromatic N) is 1. The van der Waals surface area contributed by atoms with Crippen LogP contribution in [-0.2, 0) is 11.3 Å². The number of carbonyl (C=O) groups is 1. The molecule has 0 aromatic carbocycles. The quantitative estimate of drug-likeness (QED) is 0.833. The third-order valence-electron chi connectivity index (χ3n) is 3.39. The number of hydrogen-bond acceptors (Lipinski definition) is 4. The van der Waals surface area contributed by atoms with Crippen LogP contribution in [0.1, 0.15) is 18.7 Å². The number of ether oxygens (including phenoxy) is 1. The zero-order valence-electron chi connectivity index (χ0n) is 13.1. The SMILES string of the molecule is CC(C)CN1CCOC(CNC(=O)NCc2ccc(Cl)s2)C1. The van der Waals surface area contributed by atoms with E-state index in [9.17, 15) is 4.79 Å². The number of amides is 2. The monoisotopic (exact) mass is 345 g/mol. The van der Waals surface area contributed by atoms with Gasteiger partial charge in [-0.3, -0.25) is 4.90 Å². The summed E-state index contributed by atoms with van der Waals surface area (Å²) in [7, 11) is 0. The molecule has 7 heteroatoms. The van der Waals surface area contributed by atoms with Crippen molar-refractivity contribution in [1.29, 1.82) is 0 Å². The van der Waals surface area contributed by atoms with Gasteiger partial charge in [0, 0.05) is 31.1 Å². The fraction of sp³-hybridized carbons (Fsp3) is 0.667. The van der Waals surface area contributed by atoms with Gasteiger partial charge >= 0.3 is 6.03 Å². The van der Waals surface area contributed by atoms with E-state index in [-0.39, 0.29) is 12.1 Å². The fourth-order valence-corrected chi connectivity index (χ4v) is 3.50. The molecule has 1 unspecified atom stereocenters. The van der Waals surface area contributed by atoms with Crippen molar-refractivity contribution in [2.45, 2.75) is 26.5 Å². The summed E-state index contributed by atoms with van der Waals surface area (Å²) in [5, 5.41) is 5.70. The number of nitrogens with one attached hydrogen (secondary N) is 2. The van der Waals surface area contributed by atoms with Crippen molar-refractivity contribution in [3.8, 4) is 0 Å². The lowest BCUT2D eigenvalue weighted by atomic mass is 10.2. The predicted molar refractivity (Wildman–Crippen MR) is 90.6 cm³/mol. The van der Waals surface area contributed by atoms with Crippen LogP contribution in [0.2, 0.25) is 4.34 Å². The van der Waals surface area contributed by atoms with E-state index in [0.717, 1.165) is 35.5 Å². The van der Waals surface area contributed by atoms with Crippen molar-refractivity contribution in [2.24, 2.45) is 5.92 Å². The lowest BCUT2D eigenvalue weighted by Crippen LogP contribution is -2.49. The molecule has 1 aromatic rings. The smallest absolute Gasteiger partial charge is 0.315 e. The average molecular weight is 346 g/mol. The Morgan fingerprint density at radius 1 is 1.50 bits per heavy atom. The highest BCUT2D eigenvalue weighted by atomic mass is 35.5. The van der Waals surface area contributed by atoms with Gasteiger partial charge in [0.05, 0.1) is 23.6 Å². The van der Waals surface area contributed by atoms with Gasteiger partial charge in [-0.15, -0.1) is 11.3 Å². The van der Waals surface area contributed by atoms with Gasteiger partial charge in [0.15, 0.2) is 0 Å². The van der Waals surface area contributed by atoms with Crippen molar-refractivity contribution in [2.75, 3.05) is 32.8 Å². The molecule has 2 amide bonds. The maximum absolute atomic E-state index is 11.8. The molecule has 2 rings (SSSR count). The minimum atomic E-state index is -0.172. The van der Waals surface area contributed by atoms with Crippen molar-refractivity contribution in [3.63, 3.8) is 0 Å². The molecule has 2 N–H and O–H groups in total. The molecule has 1 aromatic heterocycles. The summed E-state index contributed by atoms with van der Waals surface area (Å²) in [5.41, 5.74) is 0. The Morgan fingerprint density at radius 3 is 3.00 bits per heavy atom. The Hall–Kier alpha value is -0.820. The first kappa shape index (κ1) is 17.5. The highest BCUT2D eigenvalue weighted by molar-refractivity contribution is 7.16. The van der Waals surface area contributed by atoms with Crippen LogP contribution in [0.25, 0.3) is 0 Å². The Labute approximate surface area is 141 Å². The fourth-order valence-electron chi connectivity index (χ4n) is 2.47. The van der Waals surface area contributed by atoms with E-state index in [1.807, 2.05) is 12.1 Å². The first-order valence-electron chi connectivity index (χ1n) is 7.63. The lowest BCUT2D eigenvalue weighted by Gasteiger charge is -2.33. The summed E-state index contributed by atoms with van der Waals surface area (Å²) in [5.74, 6) is 0.646. The molecule has 1 fully saturated rings. The van der Waals surface area contributed by atoms with Gasteiger partial charge in [-0.1, -0.05) is 25.4 Å². The first-order chi connectivity index (χ1) is 10.5. The van der Waals surface area contributed by atoms with Crippen molar-refractivity contribution in [3.05, 3.63) is 21.3 Å². The van der Waals surface area contributed by atoms with Gasteiger partial charge in [-0.2, -0.15) is 0 Å². The molecule has 1 atom stereocenters. The number of thiophene rings is 1. The second kappa shape index (κ2) is 8.72. The molecule has 0 bridgehead atoms. The maximum atomic E-state index is 11.8. The molecule has 1 aliphatic rings. The van der Waals surface area contributed by atoms with E-state index >= 15 is 0 Å². The summed E-state index contributed by atoms with van der Waals surface area (Å²) in [6.07, 6.45) is 0.0643. The standard InChI is InChI=1S/C15H24ClN3O2S/c1-11(2)9-19-5-6-21-12(10-19)7-17-15(20)18-8-13-3-4-14(16)22-13/h3-4,11-12H,5-10H2,1-2H3,(H2,17,18,20). The Kier molecular flexibility index (Phi) is 6.95. The van der Waals surface area contributed by atoms with Crippen LogP contribution < -0.4 is 10.6 Å². The van der Waals surface area contributed by atoms with Gasteiger partial charge in [0.25, 0.3) is 0 Å². The summed E-state index contributed by atoms with van der Waals surface area (Å²) in [6.45, 7) is 9.11. The number of hydrogen-bond donors (Lipinski definition) is 2. The maximum Gasteiger partial charge on any atom is 0.315 e. The molecular formula is C15H24ClN3O2S. The predicted octanol–water partition coefficient (Wildman–Crippen LogP) is 2.56. The zero-order chi connectivity index (χ0) is 15.9. The average Bonchev–Trinajstić information content (AvgIpc) is 2.88. The summed E-state index contributed by atoms with van der Waals surface area (Å²) in [4.78, 5) is 15.2. The number of morpholine rings is 1. The van der Waals surface area contributed by atoms with E-state index in [0.29, 0.717) is 19.0 Å². The van der Waals surface area contributed by atoms with Crippen LogP contribution in [0.15, 0.2) is 12.1 Å². The second-order valence-corrected chi connectivity index (χ2v) is 7.72. The highest BCUT2D eigenvalue weighted by Crippen LogP contribution is 2.20. The third-order valence-corrected chi connectivity index (χ3v) is 4.62. The third kappa shape index (κ3) is 6.12. The minimum absolute atomic E-state index is 0.0643. The molecule has 124 valence electrons. The Morgan fingerprint density at radius 2 is 2.32 bits per heavy atom. The minimum Gasteiger partial charge on any atom is -0.374 e. The normalized spacial score (nSPS) is 19.4. The van der Waals surface area contributed by atoms with Gasteiger partial charge < -0.3 is 15.4 Å². The van der Waals surface area contributed by atoms with Crippen molar-refractivity contribution >= 4 is 29.0 Å². The van der Waals surface area contributed by atoms with Gasteiger partial charge in [0.2, 0.25) is 0 Å². The zero-order valence-corrected chi connectivity index (χ0v) is 14.7. The van der Waals surface area contributed by atoms with Crippen LogP contribution in [0.5, 0.6) is 0 Å². The molecule has 0 aliphatic carbocycles. The molecular weight excluding hydrogens is 322 g/mol. The second-order valence-electron chi connectivity index (χ2n) is 5.92. The molecule has 0 saturated carbocycles. The van der Waals surface area contributed by atoms with Crippen molar-refractivity contribution in [1.82, 2.24) is 15.5 Å². The topological polar surface area (TPSA) is 53.6 Å². The van der Waals surface area contributed by atoms with Crippen LogP contribution in [-0.4, -0.2) is 49.8 Å².